The molecular formula is C9H11N5O2S. The third-order valence-corrected chi connectivity index (χ3v) is 3.30. The Labute approximate surface area is 98.4 Å². The van der Waals surface area contributed by atoms with E-state index in [9.17, 15) is 8.42 Å². The Morgan fingerprint density at radius 3 is 2.71 bits per heavy atom. The minimum absolute atomic E-state index is 0.0139. The predicted octanol–water partition coefficient (Wildman–Crippen LogP) is 0.563. The molecule has 0 saturated heterocycles. The van der Waals surface area contributed by atoms with Crippen molar-refractivity contribution in [3.05, 3.63) is 30.6 Å². The summed E-state index contributed by atoms with van der Waals surface area (Å²) in [4.78, 5) is 14.2. The molecule has 2 heterocycles. The Bertz CT molecular complexity index is 593. The fourth-order valence-electron chi connectivity index (χ4n) is 1.20. The number of rotatable bonds is 4. The number of imidazole rings is 1. The minimum Gasteiger partial charge on any atom is -0.332 e. The number of aryl methyl sites for hydroxylation is 1. The van der Waals surface area contributed by atoms with Crippen LogP contribution in [0.4, 0.5) is 5.82 Å². The molecule has 17 heavy (non-hydrogen) atoms. The highest BCUT2D eigenvalue weighted by Crippen LogP contribution is 2.11. The summed E-state index contributed by atoms with van der Waals surface area (Å²) in [5.41, 5.74) is 0. The van der Waals surface area contributed by atoms with E-state index in [-0.39, 0.29) is 10.8 Å². The molecule has 0 aromatic carbocycles. The van der Waals surface area contributed by atoms with Gasteiger partial charge in [0.1, 0.15) is 5.82 Å². The van der Waals surface area contributed by atoms with Crippen LogP contribution in [0.3, 0.4) is 0 Å². The lowest BCUT2D eigenvalue weighted by Crippen LogP contribution is -2.14. The van der Waals surface area contributed by atoms with Crippen molar-refractivity contribution in [3.8, 4) is 0 Å². The van der Waals surface area contributed by atoms with Gasteiger partial charge in [-0.2, -0.15) is 8.42 Å². The van der Waals surface area contributed by atoms with Crippen molar-refractivity contribution in [1.29, 1.82) is 0 Å². The van der Waals surface area contributed by atoms with Gasteiger partial charge in [0, 0.05) is 18.8 Å². The molecule has 0 bridgehead atoms. The van der Waals surface area contributed by atoms with Gasteiger partial charge in [-0.25, -0.2) is 9.97 Å². The summed E-state index contributed by atoms with van der Waals surface area (Å²) >= 11 is 0. The molecule has 90 valence electrons. The van der Waals surface area contributed by atoms with Crippen molar-refractivity contribution in [3.63, 3.8) is 0 Å². The van der Waals surface area contributed by atoms with Gasteiger partial charge in [-0.15, -0.1) is 0 Å². The topological polar surface area (TPSA) is 101 Å². The zero-order chi connectivity index (χ0) is 12.3. The number of hydrogen-bond donors (Lipinski definition) is 2. The molecule has 2 rings (SSSR count). The fraction of sp³-hybridized carbons (Fsp3) is 0.222. The number of nitrogens with one attached hydrogen (secondary N) is 2. The fourth-order valence-corrected chi connectivity index (χ4v) is 2.14. The first kappa shape index (κ1) is 11.5. The number of hydrogen-bond acceptors (Lipinski definition) is 5. The molecule has 7 nitrogen and oxygen atoms in total. The van der Waals surface area contributed by atoms with E-state index in [0.29, 0.717) is 12.2 Å². The van der Waals surface area contributed by atoms with E-state index in [2.05, 4.69) is 24.7 Å². The summed E-state index contributed by atoms with van der Waals surface area (Å²) in [6.07, 6.45) is 6.11. The van der Waals surface area contributed by atoms with Crippen molar-refractivity contribution in [1.82, 2.24) is 19.9 Å². The van der Waals surface area contributed by atoms with Crippen LogP contribution in [0.15, 0.2) is 29.8 Å². The third kappa shape index (κ3) is 2.59. The van der Waals surface area contributed by atoms with Crippen LogP contribution >= 0.6 is 0 Å². The van der Waals surface area contributed by atoms with Gasteiger partial charge in [0.25, 0.3) is 10.0 Å². The highest BCUT2D eigenvalue weighted by atomic mass is 32.2. The lowest BCUT2D eigenvalue weighted by molar-refractivity contribution is 0.597. The molecule has 2 N–H and O–H groups in total. The maximum absolute atomic E-state index is 11.9. The Morgan fingerprint density at radius 1 is 1.29 bits per heavy atom. The Balaban J connectivity index is 2.25. The van der Waals surface area contributed by atoms with Gasteiger partial charge in [0.05, 0.1) is 12.4 Å². The van der Waals surface area contributed by atoms with Crippen molar-refractivity contribution >= 4 is 15.8 Å². The van der Waals surface area contributed by atoms with Gasteiger partial charge in [-0.05, 0) is 0 Å². The highest BCUT2D eigenvalue weighted by molar-refractivity contribution is 7.92. The third-order valence-electron chi connectivity index (χ3n) is 2.03. The summed E-state index contributed by atoms with van der Waals surface area (Å²) in [5.74, 6) is 0.782. The van der Waals surface area contributed by atoms with Crippen molar-refractivity contribution in [2.75, 3.05) is 4.72 Å². The van der Waals surface area contributed by atoms with E-state index in [1.54, 1.807) is 0 Å². The standard InChI is InChI=1S/C9H11N5O2S/c1-2-7-12-6-9(13-7)17(15,16)14-8-5-10-3-4-11-8/h3-6H,2H2,1H3,(H,11,14)(H,12,13). The summed E-state index contributed by atoms with van der Waals surface area (Å²) in [6, 6.07) is 0. The van der Waals surface area contributed by atoms with Crippen molar-refractivity contribution < 1.29 is 8.42 Å². The molecule has 0 spiro atoms. The lowest BCUT2D eigenvalue weighted by atomic mass is 10.5. The van der Waals surface area contributed by atoms with Gasteiger partial charge >= 0.3 is 0 Å². The average molecular weight is 253 g/mol. The zero-order valence-electron chi connectivity index (χ0n) is 9.08. The molecule has 0 radical (unpaired) electrons. The number of anilines is 1. The highest BCUT2D eigenvalue weighted by Gasteiger charge is 2.17. The molecule has 8 heteroatoms. The molecule has 0 aliphatic heterocycles. The van der Waals surface area contributed by atoms with Gasteiger partial charge in [-0.1, -0.05) is 6.92 Å². The van der Waals surface area contributed by atoms with Crippen LogP contribution in [0.25, 0.3) is 0 Å². The summed E-state index contributed by atoms with van der Waals surface area (Å²) in [7, 11) is -3.67. The summed E-state index contributed by atoms with van der Waals surface area (Å²) in [5, 5.41) is 0.0139. The first-order valence-corrected chi connectivity index (χ1v) is 6.43. The maximum atomic E-state index is 11.9. The van der Waals surface area contributed by atoms with Crippen molar-refractivity contribution in [2.45, 2.75) is 18.4 Å². The van der Waals surface area contributed by atoms with E-state index in [1.807, 2.05) is 6.92 Å². The second-order valence-corrected chi connectivity index (χ2v) is 4.89. The normalized spacial score (nSPS) is 11.4. The molecule has 0 aliphatic rings. The molecular weight excluding hydrogens is 242 g/mol. The SMILES string of the molecule is CCc1ncc(S(=O)(=O)Nc2cnccn2)[nH]1. The summed E-state index contributed by atoms with van der Waals surface area (Å²) < 4.78 is 26.1. The molecule has 0 amide bonds. The van der Waals surface area contributed by atoms with Gasteiger partial charge in [0.2, 0.25) is 0 Å². The summed E-state index contributed by atoms with van der Waals surface area (Å²) in [6.45, 7) is 1.88. The van der Waals surface area contributed by atoms with Gasteiger partial charge < -0.3 is 4.98 Å². The first-order valence-electron chi connectivity index (χ1n) is 4.94. The molecule has 0 atom stereocenters. The molecule has 0 aliphatic carbocycles. The van der Waals surface area contributed by atoms with E-state index < -0.39 is 10.0 Å². The van der Waals surface area contributed by atoms with Crippen LogP contribution in [0, 0.1) is 0 Å². The second kappa shape index (κ2) is 4.50. The number of aromatic nitrogens is 4. The Kier molecular flexibility index (Phi) is 3.05. The van der Waals surface area contributed by atoms with Crippen LogP contribution in [0.1, 0.15) is 12.7 Å². The number of aromatic amines is 1. The molecule has 2 aromatic rings. The molecule has 0 saturated carbocycles. The van der Waals surface area contributed by atoms with Crippen LogP contribution in [0.2, 0.25) is 0 Å². The predicted molar refractivity (Wildman–Crippen MR) is 60.8 cm³/mol. The van der Waals surface area contributed by atoms with Gasteiger partial charge in [0.15, 0.2) is 10.8 Å². The van der Waals surface area contributed by atoms with Crippen LogP contribution in [-0.4, -0.2) is 28.4 Å². The minimum atomic E-state index is -3.67. The Hall–Kier alpha value is -1.96. The van der Waals surface area contributed by atoms with Crippen LogP contribution in [0.5, 0.6) is 0 Å². The number of nitrogens with zero attached hydrogens (tertiary/aromatic N) is 3. The van der Waals surface area contributed by atoms with Crippen LogP contribution in [-0.2, 0) is 16.4 Å². The van der Waals surface area contributed by atoms with E-state index in [0.717, 1.165) is 0 Å². The van der Waals surface area contributed by atoms with Crippen LogP contribution < -0.4 is 4.72 Å². The second-order valence-electron chi connectivity index (χ2n) is 3.24. The molecule has 2 aromatic heterocycles. The first-order chi connectivity index (χ1) is 8.12. The molecule has 0 unspecified atom stereocenters. The average Bonchev–Trinajstić information content (AvgIpc) is 2.79. The quantitative estimate of drug-likeness (QED) is 0.829. The van der Waals surface area contributed by atoms with Crippen molar-refractivity contribution in [2.24, 2.45) is 0 Å². The zero-order valence-corrected chi connectivity index (χ0v) is 9.90. The van der Waals surface area contributed by atoms with E-state index in [4.69, 9.17) is 0 Å². The number of H-pyrrole nitrogens is 1. The smallest absolute Gasteiger partial charge is 0.280 e. The maximum Gasteiger partial charge on any atom is 0.280 e. The van der Waals surface area contributed by atoms with E-state index in [1.165, 1.54) is 24.8 Å². The largest absolute Gasteiger partial charge is 0.332 e. The molecule has 0 fully saturated rings. The Morgan fingerprint density at radius 2 is 2.12 bits per heavy atom. The van der Waals surface area contributed by atoms with Gasteiger partial charge in [-0.3, -0.25) is 9.71 Å². The number of sulfonamides is 1. The monoisotopic (exact) mass is 253 g/mol. The van der Waals surface area contributed by atoms with E-state index >= 15 is 0 Å². The lowest BCUT2D eigenvalue weighted by Gasteiger charge is -2.03.